The summed E-state index contributed by atoms with van der Waals surface area (Å²) in [7, 11) is 0. The van der Waals surface area contributed by atoms with Crippen LogP contribution in [-0.2, 0) is 19.1 Å². The summed E-state index contributed by atoms with van der Waals surface area (Å²) in [5.41, 5.74) is 2.47. The number of aliphatic hydroxyl groups is 4. The van der Waals surface area contributed by atoms with Crippen molar-refractivity contribution < 1.29 is 39.5 Å². The lowest BCUT2D eigenvalue weighted by Gasteiger charge is -2.27. The summed E-state index contributed by atoms with van der Waals surface area (Å²) in [4.78, 5) is 25.1. The van der Waals surface area contributed by atoms with Gasteiger partial charge in [0.05, 0.1) is 24.9 Å². The van der Waals surface area contributed by atoms with Crippen LogP contribution in [0, 0.1) is 17.8 Å². The fraction of sp³-hybridized carbons (Fsp3) is 0.688. The van der Waals surface area contributed by atoms with E-state index in [0.29, 0.717) is 24.3 Å². The first-order valence-corrected chi connectivity index (χ1v) is 14.6. The largest absolute Gasteiger partial charge is 0.457 e. The van der Waals surface area contributed by atoms with Crippen LogP contribution in [0.1, 0.15) is 79.6 Å². The number of cyclic esters (lactones) is 1. The van der Waals surface area contributed by atoms with Crippen molar-refractivity contribution in [2.24, 2.45) is 17.8 Å². The number of hydrogen-bond donors (Lipinski definition) is 4. The number of allylic oxidation sites excluding steroid dienone is 5. The molecule has 0 saturated carbocycles. The quantitative estimate of drug-likeness (QED) is 0.214. The summed E-state index contributed by atoms with van der Waals surface area (Å²) >= 11 is 0. The second kappa shape index (κ2) is 16.4. The molecule has 0 aromatic carbocycles. The zero-order valence-electron chi connectivity index (χ0n) is 24.8. The van der Waals surface area contributed by atoms with E-state index in [0.717, 1.165) is 30.4 Å². The van der Waals surface area contributed by atoms with Gasteiger partial charge < -0.3 is 29.9 Å². The van der Waals surface area contributed by atoms with Gasteiger partial charge in [-0.15, -0.1) is 0 Å². The fourth-order valence-corrected chi connectivity index (χ4v) is 5.17. The number of ether oxygens (including phenoxy) is 2. The number of esters is 1. The van der Waals surface area contributed by atoms with E-state index in [-0.39, 0.29) is 31.0 Å². The van der Waals surface area contributed by atoms with Crippen LogP contribution >= 0.6 is 0 Å². The van der Waals surface area contributed by atoms with Crippen LogP contribution in [0.2, 0.25) is 0 Å². The van der Waals surface area contributed by atoms with Crippen LogP contribution in [0.5, 0.6) is 0 Å². The maximum Gasteiger partial charge on any atom is 0.333 e. The molecule has 0 amide bonds. The number of rotatable bonds is 1. The van der Waals surface area contributed by atoms with Crippen LogP contribution in [0.25, 0.3) is 0 Å². The summed E-state index contributed by atoms with van der Waals surface area (Å²) in [6.45, 7) is 13.1. The third-order valence-corrected chi connectivity index (χ3v) is 7.92. The first-order valence-electron chi connectivity index (χ1n) is 14.6. The van der Waals surface area contributed by atoms with Crippen LogP contribution in [0.3, 0.4) is 0 Å². The lowest BCUT2D eigenvalue weighted by molar-refractivity contribution is -0.149. The topological polar surface area (TPSA) is 137 Å². The average molecular weight is 563 g/mol. The van der Waals surface area contributed by atoms with Gasteiger partial charge in [-0.1, -0.05) is 62.8 Å². The highest BCUT2D eigenvalue weighted by Gasteiger charge is 2.37. The molecule has 8 nitrogen and oxygen atoms in total. The summed E-state index contributed by atoms with van der Waals surface area (Å²) in [5.74, 6) is -1.49. The molecule has 0 unspecified atom stereocenters. The molecule has 1 saturated heterocycles. The Morgan fingerprint density at radius 2 is 1.70 bits per heavy atom. The smallest absolute Gasteiger partial charge is 0.333 e. The van der Waals surface area contributed by atoms with Gasteiger partial charge in [0.2, 0.25) is 0 Å². The number of ketones is 1. The molecule has 9 atom stereocenters. The maximum absolute atomic E-state index is 12.6. The number of carbonyl (C=O) groups excluding carboxylic acids is 2. The van der Waals surface area contributed by atoms with Gasteiger partial charge in [0.25, 0.3) is 0 Å². The van der Waals surface area contributed by atoms with Crippen molar-refractivity contribution in [2.45, 2.75) is 116 Å². The number of carbonyl (C=O) groups is 2. The molecule has 8 heteroatoms. The number of hydrogen-bond acceptors (Lipinski definition) is 8. The van der Waals surface area contributed by atoms with Crippen molar-refractivity contribution in [3.05, 3.63) is 47.6 Å². The number of fused-ring (bicyclic) bond motifs is 1. The zero-order chi connectivity index (χ0) is 30.0. The van der Waals surface area contributed by atoms with E-state index in [1.54, 1.807) is 19.9 Å². The number of aliphatic hydroxyl groups excluding tert-OH is 4. The molecular formula is C32H50O8. The van der Waals surface area contributed by atoms with Gasteiger partial charge >= 0.3 is 5.97 Å². The van der Waals surface area contributed by atoms with Crippen LogP contribution in [0.4, 0.5) is 0 Å². The second-order valence-electron chi connectivity index (χ2n) is 11.9. The van der Waals surface area contributed by atoms with Crippen LogP contribution in [-0.4, -0.2) is 75.4 Å². The van der Waals surface area contributed by atoms with Gasteiger partial charge in [-0.05, 0) is 70.1 Å². The Morgan fingerprint density at radius 3 is 2.38 bits per heavy atom. The van der Waals surface area contributed by atoms with Gasteiger partial charge in [0, 0.05) is 12.0 Å². The van der Waals surface area contributed by atoms with Crippen molar-refractivity contribution in [2.75, 3.05) is 6.61 Å². The second-order valence-corrected chi connectivity index (χ2v) is 11.9. The molecule has 40 heavy (non-hydrogen) atoms. The lowest BCUT2D eigenvalue weighted by Crippen LogP contribution is -2.41. The third kappa shape index (κ3) is 11.4. The Balaban J connectivity index is 2.13. The monoisotopic (exact) mass is 562 g/mol. The maximum atomic E-state index is 12.6. The van der Waals surface area contributed by atoms with E-state index < -0.39 is 48.7 Å². The molecule has 0 spiro atoms. The highest BCUT2D eigenvalue weighted by molar-refractivity contribution is 5.87. The molecule has 0 aromatic heterocycles. The summed E-state index contributed by atoms with van der Waals surface area (Å²) in [6, 6.07) is 0. The highest BCUT2D eigenvalue weighted by atomic mass is 16.6. The Labute approximate surface area is 239 Å². The molecule has 2 aliphatic heterocycles. The predicted octanol–water partition coefficient (Wildman–Crippen LogP) is 3.97. The Kier molecular flexibility index (Phi) is 14.0. The van der Waals surface area contributed by atoms with Crippen molar-refractivity contribution in [1.29, 1.82) is 0 Å². The summed E-state index contributed by atoms with van der Waals surface area (Å²) in [5, 5.41) is 41.3. The molecule has 0 aromatic rings. The van der Waals surface area contributed by atoms with Gasteiger partial charge in [0.1, 0.15) is 18.3 Å². The molecule has 1 fully saturated rings. The highest BCUT2D eigenvalue weighted by Crippen LogP contribution is 2.32. The normalized spacial score (nSPS) is 40.1. The average Bonchev–Trinajstić information content (AvgIpc) is 3.62. The first kappa shape index (κ1) is 34.1. The summed E-state index contributed by atoms with van der Waals surface area (Å²) in [6.07, 6.45) is 6.52. The minimum atomic E-state index is -1.70. The van der Waals surface area contributed by atoms with E-state index in [4.69, 9.17) is 9.47 Å². The van der Waals surface area contributed by atoms with Gasteiger partial charge in [-0.3, -0.25) is 4.79 Å². The molecule has 2 heterocycles. The van der Waals surface area contributed by atoms with Crippen LogP contribution < -0.4 is 0 Å². The molecule has 0 bridgehead atoms. The third-order valence-electron chi connectivity index (χ3n) is 7.92. The van der Waals surface area contributed by atoms with E-state index in [1.165, 1.54) is 0 Å². The molecule has 2 aliphatic rings. The van der Waals surface area contributed by atoms with Gasteiger partial charge in [0.15, 0.2) is 5.78 Å². The van der Waals surface area contributed by atoms with Crippen LogP contribution in [0.15, 0.2) is 47.6 Å². The molecule has 2 rings (SSSR count). The first-order chi connectivity index (χ1) is 18.8. The molecule has 0 aliphatic carbocycles. The lowest BCUT2D eigenvalue weighted by atomic mass is 9.88. The Bertz CT molecular complexity index is 951. The summed E-state index contributed by atoms with van der Waals surface area (Å²) < 4.78 is 11.2. The number of epoxide rings is 1. The Hall–Kier alpha value is -2.10. The Morgan fingerprint density at radius 1 is 1.00 bits per heavy atom. The molecule has 4 N–H and O–H groups in total. The van der Waals surface area contributed by atoms with Gasteiger partial charge in [-0.2, -0.15) is 0 Å². The van der Waals surface area contributed by atoms with Gasteiger partial charge in [-0.25, -0.2) is 4.79 Å². The molecular weight excluding hydrogens is 512 g/mol. The van der Waals surface area contributed by atoms with E-state index in [1.807, 2.05) is 19.9 Å². The molecule has 226 valence electrons. The standard InChI is InChI=1S/C32H50O8/c1-19-12-20(2)14-29-28(40-29)11-9-7-8-10-21(3)32(38)39-26(18-33)16-24(6)30(36)31(37)27(35)17-25(34)15-23(5)22(4)13-19/h9-11,13,20,23-26,28-31,33-34,36-37H,1,7-8,12,14-18H2,2-6H3/b11-9+,21-10+,22-13+/t20-,23+,24-,25+,26-,28+,29+,30+,31+/m1/s1. The van der Waals surface area contributed by atoms with E-state index in [9.17, 15) is 30.0 Å². The van der Waals surface area contributed by atoms with Crippen molar-refractivity contribution in [1.82, 2.24) is 0 Å². The fourth-order valence-electron chi connectivity index (χ4n) is 5.17. The van der Waals surface area contributed by atoms with E-state index >= 15 is 0 Å². The number of Topliss-reactive ketones (excluding diaryl/α,β-unsaturated/α-hetero) is 1. The van der Waals surface area contributed by atoms with Crippen molar-refractivity contribution >= 4 is 11.8 Å². The molecule has 0 radical (unpaired) electrons. The minimum absolute atomic E-state index is 0.00630. The van der Waals surface area contributed by atoms with Crippen molar-refractivity contribution in [3.63, 3.8) is 0 Å². The minimum Gasteiger partial charge on any atom is -0.457 e. The SMILES string of the molecule is C=C1/C=C(\C)[C@@H](C)C[C@H](O)CC(=O)[C@H](O)[C@@H](O)[C@H](C)C[C@H](CO)OC(=O)/C(C)=C/CC/C=C/[C@@H]2O[C@H]2C[C@H](C)C1. The zero-order valence-corrected chi connectivity index (χ0v) is 24.8. The van der Waals surface area contributed by atoms with Crippen molar-refractivity contribution in [3.8, 4) is 0 Å². The van der Waals surface area contributed by atoms with E-state index in [2.05, 4.69) is 25.7 Å². The predicted molar refractivity (Wildman–Crippen MR) is 154 cm³/mol.